The van der Waals surface area contributed by atoms with E-state index in [9.17, 15) is 0 Å². The van der Waals surface area contributed by atoms with Crippen LogP contribution in [0.5, 0.6) is 0 Å². The first-order valence-corrected chi connectivity index (χ1v) is 16.9. The summed E-state index contributed by atoms with van der Waals surface area (Å²) in [5.74, 6) is 0. The summed E-state index contributed by atoms with van der Waals surface area (Å²) in [4.78, 5) is 0. The third-order valence-electron chi connectivity index (χ3n) is 10.0. The molecule has 1 aliphatic rings. The van der Waals surface area contributed by atoms with Crippen LogP contribution in [0.25, 0.3) is 88.7 Å². The molecule has 49 heavy (non-hydrogen) atoms. The monoisotopic (exact) mass is 623 g/mol. The van der Waals surface area contributed by atoms with Crippen LogP contribution in [0.1, 0.15) is 0 Å². The zero-order chi connectivity index (χ0) is 32.3. The van der Waals surface area contributed by atoms with E-state index < -0.39 is 0 Å². The van der Waals surface area contributed by atoms with Crippen LogP contribution in [0, 0.1) is 0 Å². The molecule has 0 N–H and O–H groups in total. The number of aromatic nitrogens is 2. The van der Waals surface area contributed by atoms with E-state index in [1.54, 1.807) is 0 Å². The molecule has 0 saturated carbocycles. The number of benzene rings is 8. The first-order chi connectivity index (χ1) is 24.3. The van der Waals surface area contributed by atoms with Gasteiger partial charge in [0.25, 0.3) is 0 Å². The van der Waals surface area contributed by atoms with Crippen LogP contribution in [-0.4, -0.2) is 4.68 Å². The Hall–Kier alpha value is -6.51. The second kappa shape index (κ2) is 11.0. The van der Waals surface area contributed by atoms with E-state index in [1.807, 2.05) is 0 Å². The molecular weight excluding hydrogens is 593 g/mol. The van der Waals surface area contributed by atoms with Gasteiger partial charge in [-0.25, -0.2) is 0 Å². The van der Waals surface area contributed by atoms with Crippen molar-refractivity contribution < 1.29 is 4.68 Å². The van der Waals surface area contributed by atoms with Crippen LogP contribution < -0.4 is 4.68 Å². The van der Waals surface area contributed by atoms with Gasteiger partial charge in [-0.1, -0.05) is 138 Å². The second-order valence-electron chi connectivity index (χ2n) is 12.8. The molecule has 9 aromatic rings. The Morgan fingerprint density at radius 3 is 1.57 bits per heavy atom. The fraction of sp³-hybridized carbons (Fsp3) is 0. The summed E-state index contributed by atoms with van der Waals surface area (Å²) in [6.45, 7) is 0. The minimum absolute atomic E-state index is 1.11. The zero-order valence-corrected chi connectivity index (χ0v) is 26.8. The Balaban J connectivity index is 1.14. The minimum atomic E-state index is 1.11. The number of hydrogen-bond donors (Lipinski definition) is 0. The number of para-hydroxylation sites is 2. The van der Waals surface area contributed by atoms with Crippen LogP contribution in [-0.2, 0) is 0 Å². The fourth-order valence-corrected chi connectivity index (χ4v) is 7.87. The molecular formula is C47H31N2+. The molecule has 8 aromatic carbocycles. The molecule has 0 spiro atoms. The summed E-state index contributed by atoms with van der Waals surface area (Å²) in [5.41, 5.74) is 16.2. The summed E-state index contributed by atoms with van der Waals surface area (Å²) in [5, 5.41) is 3.81. The normalized spacial score (nSPS) is 11.7. The van der Waals surface area contributed by atoms with E-state index >= 15 is 0 Å². The van der Waals surface area contributed by atoms with Crippen LogP contribution in [0.15, 0.2) is 188 Å². The molecule has 1 aromatic heterocycles. The molecule has 1 heterocycles. The van der Waals surface area contributed by atoms with Gasteiger partial charge in [0.05, 0.1) is 5.39 Å². The predicted molar refractivity (Wildman–Crippen MR) is 203 cm³/mol. The zero-order valence-electron chi connectivity index (χ0n) is 26.8. The first kappa shape index (κ1) is 27.6. The van der Waals surface area contributed by atoms with Crippen LogP contribution in [0.3, 0.4) is 0 Å². The average molecular weight is 624 g/mol. The van der Waals surface area contributed by atoms with Crippen molar-refractivity contribution in [2.24, 2.45) is 0 Å². The van der Waals surface area contributed by atoms with Crippen LogP contribution in [0.2, 0.25) is 0 Å². The molecule has 0 unspecified atom stereocenters. The number of nitrogens with zero attached hydrogens (tertiary/aromatic N) is 2. The van der Waals surface area contributed by atoms with Gasteiger partial charge in [-0.15, -0.1) is 4.68 Å². The highest BCUT2D eigenvalue weighted by molar-refractivity contribution is 6.23. The Kier molecular flexibility index (Phi) is 6.22. The summed E-state index contributed by atoms with van der Waals surface area (Å²) >= 11 is 0. The van der Waals surface area contributed by atoms with Crippen molar-refractivity contribution in [2.45, 2.75) is 0 Å². The van der Waals surface area contributed by atoms with Crippen molar-refractivity contribution in [3.63, 3.8) is 0 Å². The summed E-state index contributed by atoms with van der Waals surface area (Å²) < 4.78 is 4.54. The highest BCUT2D eigenvalue weighted by Crippen LogP contribution is 2.55. The van der Waals surface area contributed by atoms with Gasteiger partial charge in [0.1, 0.15) is 11.2 Å². The van der Waals surface area contributed by atoms with E-state index in [2.05, 4.69) is 198 Å². The number of hydrogen-bond acceptors (Lipinski definition) is 0. The predicted octanol–water partition coefficient (Wildman–Crippen LogP) is 11.7. The van der Waals surface area contributed by atoms with E-state index in [0.29, 0.717) is 0 Å². The van der Waals surface area contributed by atoms with Crippen LogP contribution in [0.4, 0.5) is 0 Å². The van der Waals surface area contributed by atoms with Gasteiger partial charge in [-0.05, 0) is 103 Å². The molecule has 228 valence electrons. The van der Waals surface area contributed by atoms with Crippen molar-refractivity contribution in [1.82, 2.24) is 4.68 Å². The van der Waals surface area contributed by atoms with Gasteiger partial charge in [0.15, 0.2) is 0 Å². The fourth-order valence-electron chi connectivity index (χ4n) is 7.87. The molecule has 2 nitrogen and oxygen atoms in total. The van der Waals surface area contributed by atoms with Gasteiger partial charge >= 0.3 is 0 Å². The largest absolute Gasteiger partial charge is 0.236 e. The van der Waals surface area contributed by atoms with Crippen molar-refractivity contribution in [2.75, 3.05) is 0 Å². The van der Waals surface area contributed by atoms with Crippen molar-refractivity contribution in [1.29, 1.82) is 0 Å². The Labute approximate surface area is 285 Å². The summed E-state index contributed by atoms with van der Waals surface area (Å²) in [6, 6.07) is 65.9. The molecule has 0 aliphatic heterocycles. The quantitative estimate of drug-likeness (QED) is 0.169. The molecule has 0 atom stereocenters. The second-order valence-corrected chi connectivity index (χ2v) is 12.8. The van der Waals surface area contributed by atoms with Gasteiger partial charge in [-0.3, -0.25) is 0 Å². The maximum atomic E-state index is 2.35. The third kappa shape index (κ3) is 4.31. The molecule has 0 amide bonds. The van der Waals surface area contributed by atoms with Gasteiger partial charge < -0.3 is 0 Å². The summed E-state index contributed by atoms with van der Waals surface area (Å²) in [7, 11) is 0. The van der Waals surface area contributed by atoms with Gasteiger partial charge in [0.2, 0.25) is 11.9 Å². The van der Waals surface area contributed by atoms with Crippen molar-refractivity contribution in [3.05, 3.63) is 188 Å². The number of rotatable bonds is 5. The van der Waals surface area contributed by atoms with Crippen molar-refractivity contribution in [3.8, 4) is 67.0 Å². The SMILES string of the molecule is c1ccc(-c2ccc(-c3ccccc3)c3c2-c2cccc4c(-c5ccc(-[n+]6cc7ccccc7n6-c6ccccc6)cc5)ccc-3c24)cc1. The van der Waals surface area contributed by atoms with Crippen molar-refractivity contribution >= 4 is 21.7 Å². The lowest BCUT2D eigenvalue weighted by Gasteiger charge is -2.15. The lowest BCUT2D eigenvalue weighted by molar-refractivity contribution is -0.672. The minimum Gasteiger partial charge on any atom is -0.115 e. The smallest absolute Gasteiger partial charge is 0.115 e. The maximum absolute atomic E-state index is 2.35. The first-order valence-electron chi connectivity index (χ1n) is 16.9. The topological polar surface area (TPSA) is 8.81 Å². The maximum Gasteiger partial charge on any atom is 0.236 e. The molecule has 0 radical (unpaired) electrons. The molecule has 1 aliphatic carbocycles. The standard InChI is InChI=1S/C47H31N2/c1-4-13-32(14-5-1)39-28-29-40(33-15-6-2-7-16-33)47-43-30-27-38(41-20-12-21-42(45(41)43)46(39)47)34-23-25-36(26-24-34)48-31-35-17-10-11-22-44(35)49(48)37-18-8-3-9-19-37/h1-31H/q+1. The highest BCUT2D eigenvalue weighted by atomic mass is 15.4. The highest BCUT2D eigenvalue weighted by Gasteiger charge is 2.29. The van der Waals surface area contributed by atoms with E-state index in [4.69, 9.17) is 0 Å². The molecule has 2 heteroatoms. The third-order valence-corrected chi connectivity index (χ3v) is 10.0. The van der Waals surface area contributed by atoms with E-state index in [0.717, 1.165) is 11.4 Å². The molecule has 0 bridgehead atoms. The molecule has 10 rings (SSSR count). The van der Waals surface area contributed by atoms with Crippen LogP contribution >= 0.6 is 0 Å². The lowest BCUT2D eigenvalue weighted by Crippen LogP contribution is -2.39. The number of fused-ring (bicyclic) bond motifs is 4. The molecule has 0 fully saturated rings. The lowest BCUT2D eigenvalue weighted by atomic mass is 9.88. The van der Waals surface area contributed by atoms with Gasteiger partial charge in [-0.2, -0.15) is 0 Å². The Morgan fingerprint density at radius 1 is 0.367 bits per heavy atom. The Morgan fingerprint density at radius 2 is 0.898 bits per heavy atom. The average Bonchev–Trinajstić information content (AvgIpc) is 3.74. The summed E-state index contributed by atoms with van der Waals surface area (Å²) in [6.07, 6.45) is 2.22. The van der Waals surface area contributed by atoms with E-state index in [1.165, 1.54) is 77.3 Å². The van der Waals surface area contributed by atoms with Gasteiger partial charge in [0, 0.05) is 12.1 Å². The Bertz CT molecular complexity index is 2600. The molecule has 0 saturated heterocycles. The van der Waals surface area contributed by atoms with E-state index in [-0.39, 0.29) is 0 Å².